The van der Waals surface area contributed by atoms with Crippen molar-refractivity contribution in [2.45, 2.75) is 96.1 Å². The number of aliphatic hydroxyl groups is 2. The van der Waals surface area contributed by atoms with E-state index in [9.17, 15) is 10.2 Å². The number of hydrogen-bond donors (Lipinski definition) is 2. The van der Waals surface area contributed by atoms with Gasteiger partial charge >= 0.3 is 0 Å². The first-order valence-corrected chi connectivity index (χ1v) is 9.18. The molecule has 0 radical (unpaired) electrons. The van der Waals surface area contributed by atoms with E-state index in [4.69, 9.17) is 4.74 Å². The summed E-state index contributed by atoms with van der Waals surface area (Å²) in [6, 6.07) is 0. The van der Waals surface area contributed by atoms with Crippen LogP contribution < -0.4 is 0 Å². The molecule has 0 amide bonds. The third-order valence-electron chi connectivity index (χ3n) is 8.02. The van der Waals surface area contributed by atoms with Crippen LogP contribution in [0, 0.1) is 16.7 Å². The highest BCUT2D eigenvalue weighted by Crippen LogP contribution is 2.67. The lowest BCUT2D eigenvalue weighted by Gasteiger charge is -2.69. The highest BCUT2D eigenvalue weighted by atomic mass is 16.5. The standard InChI is InChI=1S/C20H34O3/c1-7-17(4)11-8-14-18(5,23-17)12-13-20(22)16(2,3)10-9-15(21)19(14,20)6/h7,14-15,21-22H,1,8-13H2,2-6H3. The van der Waals surface area contributed by atoms with Crippen molar-refractivity contribution in [3.63, 3.8) is 0 Å². The van der Waals surface area contributed by atoms with E-state index in [2.05, 4.69) is 41.2 Å². The van der Waals surface area contributed by atoms with Crippen LogP contribution in [0.1, 0.15) is 73.1 Å². The second kappa shape index (κ2) is 4.83. The highest BCUT2D eigenvalue weighted by molar-refractivity contribution is 5.21. The van der Waals surface area contributed by atoms with Crippen molar-refractivity contribution >= 4 is 0 Å². The Balaban J connectivity index is 2.07. The average Bonchev–Trinajstić information content (AvgIpc) is 2.47. The minimum atomic E-state index is -0.840. The van der Waals surface area contributed by atoms with Gasteiger partial charge < -0.3 is 14.9 Å². The van der Waals surface area contributed by atoms with Gasteiger partial charge in [-0.1, -0.05) is 26.8 Å². The van der Waals surface area contributed by atoms with Crippen molar-refractivity contribution < 1.29 is 14.9 Å². The topological polar surface area (TPSA) is 49.7 Å². The summed E-state index contributed by atoms with van der Waals surface area (Å²) in [6.45, 7) is 14.7. The molecule has 1 saturated heterocycles. The summed E-state index contributed by atoms with van der Waals surface area (Å²) >= 11 is 0. The Hall–Kier alpha value is -0.380. The van der Waals surface area contributed by atoms with Gasteiger partial charge in [0.25, 0.3) is 0 Å². The monoisotopic (exact) mass is 322 g/mol. The van der Waals surface area contributed by atoms with Gasteiger partial charge in [-0.2, -0.15) is 0 Å². The maximum atomic E-state index is 11.8. The fourth-order valence-corrected chi connectivity index (χ4v) is 6.26. The molecule has 23 heavy (non-hydrogen) atoms. The Morgan fingerprint density at radius 1 is 1.00 bits per heavy atom. The van der Waals surface area contributed by atoms with Crippen LogP contribution in [0.5, 0.6) is 0 Å². The van der Waals surface area contributed by atoms with E-state index in [0.717, 1.165) is 32.1 Å². The molecule has 6 unspecified atom stereocenters. The highest BCUT2D eigenvalue weighted by Gasteiger charge is 2.71. The summed E-state index contributed by atoms with van der Waals surface area (Å²) in [7, 11) is 0. The minimum Gasteiger partial charge on any atom is -0.392 e. The molecule has 3 fully saturated rings. The van der Waals surface area contributed by atoms with E-state index in [1.807, 2.05) is 6.08 Å². The lowest BCUT2D eigenvalue weighted by atomic mass is 9.41. The molecule has 1 aliphatic heterocycles. The molecule has 3 aliphatic rings. The van der Waals surface area contributed by atoms with Crippen LogP contribution in [-0.4, -0.2) is 33.1 Å². The van der Waals surface area contributed by atoms with Gasteiger partial charge in [0.1, 0.15) is 0 Å². The lowest BCUT2D eigenvalue weighted by Crippen LogP contribution is -2.74. The molecule has 2 aliphatic carbocycles. The third-order valence-corrected chi connectivity index (χ3v) is 8.02. The second-order valence-electron chi connectivity index (χ2n) is 9.60. The predicted molar refractivity (Wildman–Crippen MR) is 92.1 cm³/mol. The Labute approximate surface area is 141 Å². The van der Waals surface area contributed by atoms with Gasteiger partial charge in [0.2, 0.25) is 0 Å². The normalized spacial score (nSPS) is 55.6. The largest absolute Gasteiger partial charge is 0.392 e. The van der Waals surface area contributed by atoms with Crippen LogP contribution in [0.2, 0.25) is 0 Å². The Morgan fingerprint density at radius 3 is 2.26 bits per heavy atom. The SMILES string of the molecule is C=CC1(C)CCC2C(C)(CCC3(O)C(C)(C)CCC(O)C23C)O1. The zero-order valence-corrected chi connectivity index (χ0v) is 15.5. The fraction of sp³-hybridized carbons (Fsp3) is 0.900. The Bertz CT molecular complexity index is 515. The van der Waals surface area contributed by atoms with Crippen LogP contribution in [0.4, 0.5) is 0 Å². The average molecular weight is 322 g/mol. The quantitative estimate of drug-likeness (QED) is 0.721. The second-order valence-corrected chi connectivity index (χ2v) is 9.60. The van der Waals surface area contributed by atoms with Gasteiger partial charge in [-0.3, -0.25) is 0 Å². The first kappa shape index (κ1) is 17.4. The van der Waals surface area contributed by atoms with E-state index >= 15 is 0 Å². The first-order chi connectivity index (χ1) is 10.4. The summed E-state index contributed by atoms with van der Waals surface area (Å²) < 4.78 is 6.55. The van der Waals surface area contributed by atoms with Crippen LogP contribution in [0.15, 0.2) is 12.7 Å². The first-order valence-electron chi connectivity index (χ1n) is 9.18. The third kappa shape index (κ3) is 2.06. The molecule has 0 bridgehead atoms. The van der Waals surface area contributed by atoms with Crippen LogP contribution in [0.3, 0.4) is 0 Å². The molecule has 3 rings (SSSR count). The number of fused-ring (bicyclic) bond motifs is 3. The number of ether oxygens (including phenoxy) is 1. The van der Waals surface area contributed by atoms with E-state index in [1.165, 1.54) is 0 Å². The van der Waals surface area contributed by atoms with Crippen LogP contribution >= 0.6 is 0 Å². The molecular weight excluding hydrogens is 288 g/mol. The van der Waals surface area contributed by atoms with Crippen molar-refractivity contribution in [1.29, 1.82) is 0 Å². The number of hydrogen-bond acceptors (Lipinski definition) is 3. The molecule has 1 heterocycles. The van der Waals surface area contributed by atoms with E-state index < -0.39 is 17.1 Å². The summed E-state index contributed by atoms with van der Waals surface area (Å²) in [5.74, 6) is 0.163. The van der Waals surface area contributed by atoms with Crippen LogP contribution in [-0.2, 0) is 4.74 Å². The summed E-state index contributed by atoms with van der Waals surface area (Å²) in [6.07, 6.45) is 6.46. The molecule has 2 N–H and O–H groups in total. The molecule has 3 heteroatoms. The number of aliphatic hydroxyl groups excluding tert-OH is 1. The maximum absolute atomic E-state index is 11.8. The molecule has 132 valence electrons. The van der Waals surface area contributed by atoms with E-state index in [1.54, 1.807) is 0 Å². The molecule has 3 nitrogen and oxygen atoms in total. The molecule has 0 aromatic rings. The van der Waals surface area contributed by atoms with Gasteiger partial charge in [0.15, 0.2) is 0 Å². The maximum Gasteiger partial charge on any atom is 0.0839 e. The molecule has 0 aromatic carbocycles. The molecule has 0 aromatic heterocycles. The molecule has 6 atom stereocenters. The zero-order chi connectivity index (χ0) is 17.3. The van der Waals surface area contributed by atoms with Gasteiger partial charge in [-0.15, -0.1) is 6.58 Å². The van der Waals surface area contributed by atoms with Crippen LogP contribution in [0.25, 0.3) is 0 Å². The summed E-state index contributed by atoms with van der Waals surface area (Å²) in [5.41, 5.74) is -2.15. The van der Waals surface area contributed by atoms with Crippen molar-refractivity contribution in [1.82, 2.24) is 0 Å². The van der Waals surface area contributed by atoms with Gasteiger partial charge in [0.05, 0.1) is 22.9 Å². The zero-order valence-electron chi connectivity index (χ0n) is 15.5. The minimum absolute atomic E-state index is 0.163. The van der Waals surface area contributed by atoms with Crippen molar-refractivity contribution in [2.75, 3.05) is 0 Å². The summed E-state index contributed by atoms with van der Waals surface area (Å²) in [4.78, 5) is 0. The predicted octanol–water partition coefficient (Wildman–Crippen LogP) is 3.83. The fourth-order valence-electron chi connectivity index (χ4n) is 6.26. The van der Waals surface area contributed by atoms with Gasteiger partial charge in [-0.25, -0.2) is 0 Å². The van der Waals surface area contributed by atoms with E-state index in [-0.39, 0.29) is 22.5 Å². The lowest BCUT2D eigenvalue weighted by molar-refractivity contribution is -0.327. The van der Waals surface area contributed by atoms with Crippen molar-refractivity contribution in [2.24, 2.45) is 16.7 Å². The Morgan fingerprint density at radius 2 is 1.65 bits per heavy atom. The summed E-state index contributed by atoms with van der Waals surface area (Å²) in [5, 5.41) is 22.7. The molecular formula is C20H34O3. The Kier molecular flexibility index (Phi) is 3.66. The number of rotatable bonds is 1. The molecule has 2 saturated carbocycles. The van der Waals surface area contributed by atoms with Gasteiger partial charge in [-0.05, 0) is 63.7 Å². The van der Waals surface area contributed by atoms with Crippen molar-refractivity contribution in [3.8, 4) is 0 Å². The molecule has 0 spiro atoms. The smallest absolute Gasteiger partial charge is 0.0839 e. The van der Waals surface area contributed by atoms with Crippen molar-refractivity contribution in [3.05, 3.63) is 12.7 Å². The van der Waals surface area contributed by atoms with Gasteiger partial charge in [0, 0.05) is 5.41 Å². The van der Waals surface area contributed by atoms with E-state index in [0.29, 0.717) is 6.42 Å².